The average molecular weight is 1830 g/mol. The summed E-state index contributed by atoms with van der Waals surface area (Å²) in [5.41, 5.74) is 0. The van der Waals surface area contributed by atoms with Crippen molar-refractivity contribution in [3.05, 3.63) is 0 Å². The van der Waals surface area contributed by atoms with Crippen LogP contribution in [0.5, 0.6) is 0 Å². The summed E-state index contributed by atoms with van der Waals surface area (Å²) in [5, 5.41) is 187. The van der Waals surface area contributed by atoms with Gasteiger partial charge in [-0.3, -0.25) is 24.0 Å². The number of aliphatic hydroxyl groups excluding tert-OH is 18. The van der Waals surface area contributed by atoms with Crippen LogP contribution in [0.2, 0.25) is 0 Å². The van der Waals surface area contributed by atoms with Gasteiger partial charge >= 0.3 is 29.8 Å². The molecule has 0 aliphatic heterocycles. The predicted molar refractivity (Wildman–Crippen MR) is 511 cm³/mol. The summed E-state index contributed by atoms with van der Waals surface area (Å²) in [4.78, 5) is 51.5. The van der Waals surface area contributed by atoms with Crippen molar-refractivity contribution in [3.63, 3.8) is 0 Å². The van der Waals surface area contributed by atoms with E-state index in [1.54, 1.807) is 0 Å². The molecule has 0 amide bonds. The molecule has 0 atom stereocenters. The molecular formula is C98H208O28. The summed E-state index contributed by atoms with van der Waals surface area (Å²) in [7, 11) is 0. The van der Waals surface area contributed by atoms with Crippen LogP contribution in [-0.4, -0.2) is 263 Å². The lowest BCUT2D eigenvalue weighted by molar-refractivity contribution is -0.138. The summed E-state index contributed by atoms with van der Waals surface area (Å²) in [6.07, 6.45) is 80.6. The minimum Gasteiger partial charge on any atom is -0.481 e. The third-order valence-corrected chi connectivity index (χ3v) is 20.0. The fourth-order valence-corrected chi connectivity index (χ4v) is 11.8. The monoisotopic (exact) mass is 1830 g/mol. The van der Waals surface area contributed by atoms with Gasteiger partial charge in [0.2, 0.25) is 0 Å². The van der Waals surface area contributed by atoms with Crippen LogP contribution >= 0.6 is 0 Å². The first-order chi connectivity index (χ1) is 60.7. The molecule has 0 rings (SSSR count). The molecule has 0 bridgehead atoms. The molecule has 0 radical (unpaired) electrons. The standard InChI is InChI=1S/5C16H32O2.6C3H8O3/c5*1-2-3-4-5-6-7-8-9-10-11-12-13-14-15-16(17)18;6*4-1-3(6)2-5/h5*2-15H2,1H3,(H,17,18);6*3-6H,1-2H2. The van der Waals surface area contributed by atoms with Crippen LogP contribution in [0.15, 0.2) is 0 Å². The topological polar surface area (TPSA) is 551 Å². The SMILES string of the molecule is CCCCCCCCCCCCCCCC(=O)O.CCCCCCCCCCCCCCCC(=O)O.CCCCCCCCCCCCCCCC(=O)O.CCCCCCCCCCCCCCCC(=O)O.CCCCCCCCCCCCCCCC(=O)O.OCC(O)CO.OCC(O)CO.OCC(O)CO.OCC(O)CO.OCC(O)CO.OCC(O)CO. The van der Waals surface area contributed by atoms with Gasteiger partial charge in [0.05, 0.1) is 79.3 Å². The Morgan fingerprint density at radius 2 is 0.198 bits per heavy atom. The molecule has 0 aliphatic carbocycles. The fraction of sp³-hybridized carbons (Fsp3) is 0.949. The van der Waals surface area contributed by atoms with Crippen molar-refractivity contribution in [3.8, 4) is 0 Å². The average Bonchev–Trinajstić information content (AvgIpc) is 1.11. The number of aliphatic carboxylic acids is 5. The van der Waals surface area contributed by atoms with Crippen LogP contribution in [0.25, 0.3) is 0 Å². The molecule has 0 heterocycles. The summed E-state index contributed by atoms with van der Waals surface area (Å²) in [5.74, 6) is -3.27. The normalized spacial score (nSPS) is 10.5. The highest BCUT2D eigenvalue weighted by Gasteiger charge is 2.05. The van der Waals surface area contributed by atoms with Crippen LogP contribution in [0, 0.1) is 0 Å². The zero-order valence-electron chi connectivity index (χ0n) is 81.3. The second-order valence-corrected chi connectivity index (χ2v) is 33.0. The van der Waals surface area contributed by atoms with E-state index in [1.165, 1.54) is 353 Å². The molecule has 0 aromatic rings. The first-order valence-electron chi connectivity index (χ1n) is 50.2. The molecule has 28 heteroatoms. The largest absolute Gasteiger partial charge is 0.481 e. The molecule has 0 spiro atoms. The summed E-state index contributed by atoms with van der Waals surface area (Å²) in [6.45, 7) is 6.93. The first-order valence-corrected chi connectivity index (χ1v) is 50.2. The molecular weight excluding hydrogens is 1630 g/mol. The Kier molecular flexibility index (Phi) is 164. The van der Waals surface area contributed by atoms with Gasteiger partial charge in [0, 0.05) is 32.1 Å². The quantitative estimate of drug-likeness (QED) is 0.0251. The third kappa shape index (κ3) is 189. The van der Waals surface area contributed by atoms with Crippen LogP contribution in [0.3, 0.4) is 0 Å². The van der Waals surface area contributed by atoms with Gasteiger partial charge in [0.25, 0.3) is 0 Å². The summed E-state index contributed by atoms with van der Waals surface area (Å²) < 4.78 is 0. The van der Waals surface area contributed by atoms with E-state index in [-0.39, 0.29) is 79.3 Å². The number of carboxylic acid groups (broad SMARTS) is 5. The third-order valence-electron chi connectivity index (χ3n) is 20.0. The van der Waals surface area contributed by atoms with E-state index in [2.05, 4.69) is 34.6 Å². The molecule has 0 saturated heterocycles. The molecule has 0 saturated carbocycles. The molecule has 768 valence electrons. The highest BCUT2D eigenvalue weighted by Crippen LogP contribution is 2.19. The molecule has 0 aromatic carbocycles. The lowest BCUT2D eigenvalue weighted by Gasteiger charge is -2.02. The van der Waals surface area contributed by atoms with Crippen molar-refractivity contribution in [1.82, 2.24) is 0 Å². The van der Waals surface area contributed by atoms with Crippen LogP contribution in [-0.2, 0) is 24.0 Å². The van der Waals surface area contributed by atoms with Gasteiger partial charge in [-0.15, -0.1) is 0 Å². The van der Waals surface area contributed by atoms with Crippen molar-refractivity contribution >= 4 is 29.8 Å². The Bertz CT molecular complexity index is 1570. The predicted octanol–water partition coefficient (Wildman–Crippen LogP) is 17.8. The van der Waals surface area contributed by atoms with E-state index < -0.39 is 66.5 Å². The smallest absolute Gasteiger partial charge is 0.303 e. The number of hydrogen-bond acceptors (Lipinski definition) is 23. The maximum atomic E-state index is 10.3. The number of carboxylic acids is 5. The Labute approximate surface area is 767 Å². The second-order valence-electron chi connectivity index (χ2n) is 33.0. The zero-order valence-corrected chi connectivity index (χ0v) is 81.3. The Balaban J connectivity index is -0.000000133. The molecule has 126 heavy (non-hydrogen) atoms. The van der Waals surface area contributed by atoms with Gasteiger partial charge in [0.1, 0.15) is 36.6 Å². The van der Waals surface area contributed by atoms with Crippen molar-refractivity contribution in [1.29, 1.82) is 0 Å². The fourth-order valence-electron chi connectivity index (χ4n) is 11.8. The van der Waals surface area contributed by atoms with E-state index in [0.29, 0.717) is 32.1 Å². The van der Waals surface area contributed by atoms with E-state index in [0.717, 1.165) is 64.2 Å². The second kappa shape index (κ2) is 142. The first kappa shape index (κ1) is 146. The molecule has 0 aromatic heterocycles. The highest BCUT2D eigenvalue weighted by molar-refractivity contribution is 5.67. The summed E-state index contributed by atoms with van der Waals surface area (Å²) in [6, 6.07) is 0. The maximum Gasteiger partial charge on any atom is 0.303 e. The van der Waals surface area contributed by atoms with Crippen LogP contribution in [0.4, 0.5) is 0 Å². The molecule has 0 aliphatic rings. The molecule has 0 unspecified atom stereocenters. The van der Waals surface area contributed by atoms with Gasteiger partial charge < -0.3 is 117 Å². The number of rotatable bonds is 82. The number of unbranched alkanes of at least 4 members (excludes halogenated alkanes) is 60. The number of carbonyl (C=O) groups is 5. The minimum absolute atomic E-state index is 0.345. The van der Waals surface area contributed by atoms with Crippen molar-refractivity contribution in [2.45, 2.75) is 521 Å². The van der Waals surface area contributed by atoms with Gasteiger partial charge in [-0.05, 0) is 32.1 Å². The lowest BCUT2D eigenvalue weighted by Crippen LogP contribution is -2.15. The maximum absolute atomic E-state index is 10.3. The van der Waals surface area contributed by atoms with E-state index in [9.17, 15) is 24.0 Å². The highest BCUT2D eigenvalue weighted by atomic mass is 16.4. The van der Waals surface area contributed by atoms with Gasteiger partial charge in [-0.2, -0.15) is 0 Å². The van der Waals surface area contributed by atoms with Crippen molar-refractivity contribution in [2.24, 2.45) is 0 Å². The van der Waals surface area contributed by atoms with Gasteiger partial charge in [-0.1, -0.05) is 420 Å². The summed E-state index contributed by atoms with van der Waals surface area (Å²) >= 11 is 0. The Morgan fingerprint density at radius 3 is 0.246 bits per heavy atom. The van der Waals surface area contributed by atoms with Crippen LogP contribution in [0.1, 0.15) is 484 Å². The number of hydrogen-bond donors (Lipinski definition) is 23. The van der Waals surface area contributed by atoms with E-state index in [4.69, 9.17) is 117 Å². The van der Waals surface area contributed by atoms with Gasteiger partial charge in [-0.25, -0.2) is 0 Å². The molecule has 23 N–H and O–H groups in total. The zero-order chi connectivity index (χ0) is 97.3. The molecule has 0 fully saturated rings. The van der Waals surface area contributed by atoms with Crippen LogP contribution < -0.4 is 0 Å². The van der Waals surface area contributed by atoms with E-state index >= 15 is 0 Å². The van der Waals surface area contributed by atoms with Crippen molar-refractivity contribution < 1.29 is 141 Å². The van der Waals surface area contributed by atoms with Crippen molar-refractivity contribution in [2.75, 3.05) is 79.3 Å². The lowest BCUT2D eigenvalue weighted by atomic mass is 10.0. The molecule has 28 nitrogen and oxygen atoms in total. The Hall–Kier alpha value is -3.37. The minimum atomic E-state index is -0.954. The van der Waals surface area contributed by atoms with E-state index in [1.807, 2.05) is 0 Å². The Morgan fingerprint density at radius 1 is 0.135 bits per heavy atom. The van der Waals surface area contributed by atoms with Gasteiger partial charge in [0.15, 0.2) is 0 Å². The number of aliphatic hydroxyl groups is 18.